The van der Waals surface area contributed by atoms with Gasteiger partial charge < -0.3 is 14.5 Å². The molecule has 1 aliphatic carbocycles. The summed E-state index contributed by atoms with van der Waals surface area (Å²) in [6, 6.07) is 8.87. The molecule has 0 spiro atoms. The van der Waals surface area contributed by atoms with E-state index in [4.69, 9.17) is 4.74 Å². The number of nitrogens with zero attached hydrogens (tertiary/aromatic N) is 2. The van der Waals surface area contributed by atoms with Gasteiger partial charge in [-0.3, -0.25) is 4.79 Å². The second kappa shape index (κ2) is 7.53. The van der Waals surface area contributed by atoms with E-state index in [2.05, 4.69) is 29.2 Å². The first-order chi connectivity index (χ1) is 13.0. The van der Waals surface area contributed by atoms with Crippen LogP contribution in [0.4, 0.5) is 4.79 Å². The molecule has 1 aromatic carbocycles. The van der Waals surface area contributed by atoms with Crippen molar-refractivity contribution in [2.75, 3.05) is 26.2 Å². The highest BCUT2D eigenvalue weighted by atomic mass is 16.6. The summed E-state index contributed by atoms with van der Waals surface area (Å²) in [6.07, 6.45) is 3.51. The Hall–Kier alpha value is -2.04. The molecule has 2 fully saturated rings. The summed E-state index contributed by atoms with van der Waals surface area (Å²) in [7, 11) is 0. The number of rotatable bonds is 3. The van der Waals surface area contributed by atoms with Gasteiger partial charge in [-0.15, -0.1) is 0 Å². The van der Waals surface area contributed by atoms with E-state index in [1.807, 2.05) is 13.8 Å². The number of piperidine rings is 2. The average molecular weight is 370 g/mol. The molecule has 146 valence electrons. The molecule has 5 heteroatoms. The normalized spacial score (nSPS) is 24.9. The molecule has 0 unspecified atom stereocenters. The van der Waals surface area contributed by atoms with Crippen molar-refractivity contribution in [3.05, 3.63) is 35.4 Å². The fourth-order valence-corrected chi connectivity index (χ4v) is 4.85. The first-order valence-electron chi connectivity index (χ1n) is 10.4. The zero-order valence-electron chi connectivity index (χ0n) is 16.4. The summed E-state index contributed by atoms with van der Waals surface area (Å²) in [5.74, 6) is 1.15. The molecular weight excluding hydrogens is 340 g/mol. The predicted molar refractivity (Wildman–Crippen MR) is 103 cm³/mol. The third kappa shape index (κ3) is 3.56. The first-order valence-corrected chi connectivity index (χ1v) is 10.4. The minimum atomic E-state index is -0.236. The second-order valence-corrected chi connectivity index (χ2v) is 8.64. The van der Waals surface area contributed by atoms with Gasteiger partial charge in [0.1, 0.15) is 0 Å². The molecule has 27 heavy (non-hydrogen) atoms. The Bertz CT molecular complexity index is 709. The molecule has 2 amide bonds. The maximum Gasteiger partial charge on any atom is 0.409 e. The van der Waals surface area contributed by atoms with Gasteiger partial charge in [-0.2, -0.15) is 0 Å². The lowest BCUT2D eigenvalue weighted by Gasteiger charge is -2.48. The van der Waals surface area contributed by atoms with Crippen molar-refractivity contribution in [3.8, 4) is 0 Å². The molecule has 2 atom stereocenters. The largest absolute Gasteiger partial charge is 0.449 e. The number of hydrogen-bond donors (Lipinski definition) is 0. The molecule has 0 N–H and O–H groups in total. The molecule has 1 aromatic rings. The van der Waals surface area contributed by atoms with Crippen molar-refractivity contribution in [1.29, 1.82) is 0 Å². The summed E-state index contributed by atoms with van der Waals surface area (Å²) in [5, 5.41) is 0. The minimum Gasteiger partial charge on any atom is -0.449 e. The smallest absolute Gasteiger partial charge is 0.409 e. The van der Waals surface area contributed by atoms with Gasteiger partial charge in [-0.05, 0) is 42.7 Å². The van der Waals surface area contributed by atoms with Gasteiger partial charge in [0.05, 0.1) is 12.6 Å². The van der Waals surface area contributed by atoms with E-state index in [1.54, 1.807) is 4.90 Å². The number of carbonyl (C=O) groups is 2. The summed E-state index contributed by atoms with van der Waals surface area (Å²) < 4.78 is 5.33. The monoisotopic (exact) mass is 370 g/mol. The number of hydrogen-bond acceptors (Lipinski definition) is 3. The standard InChI is InChI=1S/C22H30N2O3/c1-15(2)14-27-22(26)23-11-9-16(10-12-23)21(25)24-13-17-7-8-20(24)19-6-4-3-5-18(17)19/h3-6,15-17,20H,7-14H2,1-2H3/t17-,20+/m1/s1. The van der Waals surface area contributed by atoms with E-state index in [9.17, 15) is 9.59 Å². The number of benzene rings is 1. The van der Waals surface area contributed by atoms with Crippen LogP contribution in [0.3, 0.4) is 0 Å². The van der Waals surface area contributed by atoms with Crippen LogP contribution in [-0.4, -0.2) is 48.0 Å². The Morgan fingerprint density at radius 1 is 1.07 bits per heavy atom. The molecule has 2 saturated heterocycles. The Labute approximate surface area is 161 Å². The summed E-state index contributed by atoms with van der Waals surface area (Å²) in [5.41, 5.74) is 2.79. The van der Waals surface area contributed by atoms with Crippen LogP contribution in [-0.2, 0) is 9.53 Å². The van der Waals surface area contributed by atoms with Crippen molar-refractivity contribution in [2.45, 2.75) is 51.5 Å². The van der Waals surface area contributed by atoms with Crippen molar-refractivity contribution < 1.29 is 14.3 Å². The molecule has 5 rings (SSSR count). The van der Waals surface area contributed by atoms with Crippen LogP contribution in [0.5, 0.6) is 0 Å². The Morgan fingerprint density at radius 2 is 1.78 bits per heavy atom. The second-order valence-electron chi connectivity index (χ2n) is 8.64. The van der Waals surface area contributed by atoms with E-state index in [-0.39, 0.29) is 24.0 Å². The molecule has 0 aromatic heterocycles. The molecule has 3 aliphatic heterocycles. The topological polar surface area (TPSA) is 49.9 Å². The highest BCUT2D eigenvalue weighted by Crippen LogP contribution is 2.47. The van der Waals surface area contributed by atoms with E-state index >= 15 is 0 Å². The zero-order chi connectivity index (χ0) is 19.0. The zero-order valence-corrected chi connectivity index (χ0v) is 16.4. The average Bonchev–Trinajstić information content (AvgIpc) is 2.72. The van der Waals surface area contributed by atoms with Gasteiger partial charge in [0.25, 0.3) is 0 Å². The van der Waals surface area contributed by atoms with Crippen LogP contribution in [0.2, 0.25) is 0 Å². The third-order valence-electron chi connectivity index (χ3n) is 6.30. The number of ether oxygens (including phenoxy) is 1. The number of carbonyl (C=O) groups excluding carboxylic acids is 2. The van der Waals surface area contributed by atoms with Crippen molar-refractivity contribution in [2.24, 2.45) is 11.8 Å². The molecule has 4 aliphatic rings. The quantitative estimate of drug-likeness (QED) is 0.809. The van der Waals surface area contributed by atoms with Gasteiger partial charge in [-0.1, -0.05) is 38.1 Å². The lowest BCUT2D eigenvalue weighted by Crippen LogP contribution is -2.50. The Morgan fingerprint density at radius 3 is 2.48 bits per heavy atom. The molecule has 3 heterocycles. The highest BCUT2D eigenvalue weighted by Gasteiger charge is 2.42. The summed E-state index contributed by atoms with van der Waals surface area (Å²) in [4.78, 5) is 29.3. The first kappa shape index (κ1) is 18.3. The number of fused-ring (bicyclic) bond motifs is 2. The van der Waals surface area contributed by atoms with E-state index in [0.717, 1.165) is 25.8 Å². The van der Waals surface area contributed by atoms with Crippen molar-refractivity contribution >= 4 is 12.0 Å². The summed E-state index contributed by atoms with van der Waals surface area (Å²) >= 11 is 0. The van der Waals surface area contributed by atoms with Gasteiger partial charge in [0.2, 0.25) is 5.91 Å². The number of amides is 2. The highest BCUT2D eigenvalue weighted by molar-refractivity contribution is 5.80. The molecule has 2 bridgehead atoms. The maximum absolute atomic E-state index is 13.2. The van der Waals surface area contributed by atoms with Gasteiger partial charge in [-0.25, -0.2) is 4.79 Å². The van der Waals surface area contributed by atoms with Crippen molar-refractivity contribution in [3.63, 3.8) is 0 Å². The van der Waals surface area contributed by atoms with E-state index < -0.39 is 0 Å². The molecule has 5 nitrogen and oxygen atoms in total. The van der Waals surface area contributed by atoms with Gasteiger partial charge in [0, 0.05) is 31.5 Å². The lowest BCUT2D eigenvalue weighted by atomic mass is 9.74. The molecular formula is C22H30N2O3. The predicted octanol–water partition coefficient (Wildman–Crippen LogP) is 3.95. The SMILES string of the molecule is CC(C)COC(=O)N1CCC(C(=O)N2C[C@H]3CC[C@H]2c2ccccc23)CC1. The van der Waals surface area contributed by atoms with Crippen LogP contribution >= 0.6 is 0 Å². The van der Waals surface area contributed by atoms with Gasteiger partial charge >= 0.3 is 6.09 Å². The van der Waals surface area contributed by atoms with E-state index in [1.165, 1.54) is 17.5 Å². The van der Waals surface area contributed by atoms with Crippen LogP contribution in [0, 0.1) is 11.8 Å². The summed E-state index contributed by atoms with van der Waals surface area (Å²) in [6.45, 7) is 6.61. The van der Waals surface area contributed by atoms with Crippen LogP contribution < -0.4 is 0 Å². The lowest BCUT2D eigenvalue weighted by molar-refractivity contribution is -0.142. The minimum absolute atomic E-state index is 0.0330. The molecule has 0 saturated carbocycles. The van der Waals surface area contributed by atoms with Crippen LogP contribution in [0.25, 0.3) is 0 Å². The Kier molecular flexibility index (Phi) is 5.11. The third-order valence-corrected chi connectivity index (χ3v) is 6.30. The van der Waals surface area contributed by atoms with Crippen LogP contribution in [0.1, 0.15) is 62.6 Å². The van der Waals surface area contributed by atoms with Gasteiger partial charge in [0.15, 0.2) is 0 Å². The number of likely N-dealkylation sites (tertiary alicyclic amines) is 1. The maximum atomic E-state index is 13.2. The van der Waals surface area contributed by atoms with Crippen molar-refractivity contribution in [1.82, 2.24) is 9.80 Å². The fraction of sp³-hybridized carbons (Fsp3) is 0.636. The van der Waals surface area contributed by atoms with Crippen LogP contribution in [0.15, 0.2) is 24.3 Å². The molecule has 0 radical (unpaired) electrons. The van der Waals surface area contributed by atoms with E-state index in [0.29, 0.717) is 31.5 Å². The fourth-order valence-electron chi connectivity index (χ4n) is 4.85. The Balaban J connectivity index is 1.36.